The van der Waals surface area contributed by atoms with Crippen molar-refractivity contribution < 1.29 is 22.3 Å². The van der Waals surface area contributed by atoms with Crippen molar-refractivity contribution in [1.29, 1.82) is 0 Å². The highest BCUT2D eigenvalue weighted by Crippen LogP contribution is 2.51. The molecule has 0 radical (unpaired) electrons. The van der Waals surface area contributed by atoms with Crippen molar-refractivity contribution in [2.24, 2.45) is 0 Å². The zero-order valence-corrected chi connectivity index (χ0v) is 22.6. The van der Waals surface area contributed by atoms with Crippen LogP contribution < -0.4 is 9.04 Å². The molecule has 0 aliphatic carbocycles. The van der Waals surface area contributed by atoms with Crippen molar-refractivity contribution in [3.05, 3.63) is 82.8 Å². The number of anilines is 1. The summed E-state index contributed by atoms with van der Waals surface area (Å²) in [6.45, 7) is 2.65. The highest BCUT2D eigenvalue weighted by Gasteiger charge is 2.58. The van der Waals surface area contributed by atoms with Gasteiger partial charge < -0.3 is 9.64 Å². The van der Waals surface area contributed by atoms with Crippen LogP contribution in [0.25, 0.3) is 0 Å². The van der Waals surface area contributed by atoms with E-state index in [0.29, 0.717) is 13.0 Å². The first-order valence-electron chi connectivity index (χ1n) is 12.7. The van der Waals surface area contributed by atoms with Crippen LogP contribution in [0.15, 0.2) is 65.6 Å². The maximum atomic E-state index is 15.5. The van der Waals surface area contributed by atoms with E-state index in [4.69, 9.17) is 16.3 Å². The Morgan fingerprint density at radius 3 is 2.53 bits per heavy atom. The molecule has 0 saturated carbocycles. The Morgan fingerprint density at radius 2 is 1.82 bits per heavy atom. The van der Waals surface area contributed by atoms with Crippen molar-refractivity contribution in [1.82, 2.24) is 9.88 Å². The van der Waals surface area contributed by atoms with Gasteiger partial charge in [0.15, 0.2) is 0 Å². The van der Waals surface area contributed by atoms with Crippen LogP contribution in [0.4, 0.5) is 10.1 Å². The number of halogens is 2. The Kier molecular flexibility index (Phi) is 7.44. The molecule has 1 unspecified atom stereocenters. The minimum absolute atomic E-state index is 0.0806. The van der Waals surface area contributed by atoms with E-state index >= 15 is 4.39 Å². The second-order valence-electron chi connectivity index (χ2n) is 9.64. The smallest absolute Gasteiger partial charge is 0.271 e. The van der Waals surface area contributed by atoms with Crippen molar-refractivity contribution >= 4 is 33.2 Å². The van der Waals surface area contributed by atoms with Crippen LogP contribution in [0, 0.1) is 5.82 Å². The lowest BCUT2D eigenvalue weighted by atomic mass is 9.74. The van der Waals surface area contributed by atoms with Gasteiger partial charge >= 0.3 is 0 Å². The quantitative estimate of drug-likeness (QED) is 0.380. The standard InChI is InChI=1S/C28H29ClFN3O4S/c1-37-25-14-13-24-26(31-25)28(22-11-3-4-12-23(22)30,15-8-18-32-16-5-2-6-17-32)27(34)33(24)38(35,36)21-10-7-9-20(29)19-21/h3-4,7,9-14,19H,2,5-6,8,15-18H2,1H3. The van der Waals surface area contributed by atoms with E-state index in [9.17, 15) is 13.2 Å². The Hall–Kier alpha value is -3.01. The number of ether oxygens (including phenoxy) is 1. The fourth-order valence-corrected chi connectivity index (χ4v) is 7.31. The summed E-state index contributed by atoms with van der Waals surface area (Å²) in [4.78, 5) is 21.2. The van der Waals surface area contributed by atoms with Crippen LogP contribution in [0.1, 0.15) is 43.4 Å². The lowest BCUT2D eigenvalue weighted by Gasteiger charge is -2.31. The molecule has 38 heavy (non-hydrogen) atoms. The predicted molar refractivity (Wildman–Crippen MR) is 144 cm³/mol. The molecular weight excluding hydrogens is 529 g/mol. The average Bonchev–Trinajstić information content (AvgIpc) is 3.17. The molecule has 10 heteroatoms. The molecule has 0 N–H and O–H groups in total. The number of hydrogen-bond donors (Lipinski definition) is 0. The van der Waals surface area contributed by atoms with E-state index in [1.165, 1.54) is 56.0 Å². The SMILES string of the molecule is COc1ccc2c(n1)C(CCCN1CCCCC1)(c1ccccc1F)C(=O)N2S(=O)(=O)c1cccc(Cl)c1. The van der Waals surface area contributed by atoms with Gasteiger partial charge in [0.05, 0.1) is 23.4 Å². The number of methoxy groups -OCH3 is 1. The second-order valence-corrected chi connectivity index (χ2v) is 11.9. The number of likely N-dealkylation sites (tertiary alicyclic amines) is 1. The summed E-state index contributed by atoms with van der Waals surface area (Å²) in [7, 11) is -2.96. The number of aromatic nitrogens is 1. The van der Waals surface area contributed by atoms with Gasteiger partial charge in [0.2, 0.25) is 5.88 Å². The van der Waals surface area contributed by atoms with Gasteiger partial charge in [-0.05, 0) is 75.6 Å². The van der Waals surface area contributed by atoms with E-state index in [-0.39, 0.29) is 39.2 Å². The monoisotopic (exact) mass is 557 g/mol. The summed E-state index contributed by atoms with van der Waals surface area (Å²) in [5.41, 5.74) is -1.32. The number of carbonyl (C=O) groups is 1. The fourth-order valence-electron chi connectivity index (χ4n) is 5.54. The first kappa shape index (κ1) is 26.6. The molecule has 5 rings (SSSR count). The molecule has 3 heterocycles. The number of sulfonamides is 1. The maximum Gasteiger partial charge on any atom is 0.271 e. The Bertz CT molecular complexity index is 1460. The zero-order valence-electron chi connectivity index (χ0n) is 21.1. The predicted octanol–water partition coefficient (Wildman–Crippen LogP) is 5.17. The van der Waals surface area contributed by atoms with E-state index < -0.39 is 27.2 Å². The second kappa shape index (κ2) is 10.6. The summed E-state index contributed by atoms with van der Waals surface area (Å²) in [6.07, 6.45) is 4.15. The van der Waals surface area contributed by atoms with Gasteiger partial charge in [-0.1, -0.05) is 42.3 Å². The van der Waals surface area contributed by atoms with Crippen molar-refractivity contribution in [2.75, 3.05) is 31.0 Å². The van der Waals surface area contributed by atoms with Gasteiger partial charge in [-0.15, -0.1) is 0 Å². The summed E-state index contributed by atoms with van der Waals surface area (Å²) < 4.78 is 49.5. The largest absolute Gasteiger partial charge is 0.481 e. The summed E-state index contributed by atoms with van der Waals surface area (Å²) in [6, 6.07) is 14.7. The highest BCUT2D eigenvalue weighted by molar-refractivity contribution is 7.93. The molecule has 1 saturated heterocycles. The molecule has 1 aromatic heterocycles. The molecule has 7 nitrogen and oxygen atoms in total. The lowest BCUT2D eigenvalue weighted by molar-refractivity contribution is -0.121. The van der Waals surface area contributed by atoms with Crippen LogP contribution in [0.3, 0.4) is 0 Å². The van der Waals surface area contributed by atoms with Crippen molar-refractivity contribution in [3.63, 3.8) is 0 Å². The number of hydrogen-bond acceptors (Lipinski definition) is 6. The Labute approximate surface area is 227 Å². The minimum Gasteiger partial charge on any atom is -0.481 e. The summed E-state index contributed by atoms with van der Waals surface area (Å²) in [5, 5.41) is 0.215. The first-order valence-corrected chi connectivity index (χ1v) is 14.5. The Morgan fingerprint density at radius 1 is 1.05 bits per heavy atom. The molecule has 200 valence electrons. The summed E-state index contributed by atoms with van der Waals surface area (Å²) >= 11 is 6.10. The molecular formula is C28H29ClFN3O4S. The molecule has 0 bridgehead atoms. The topological polar surface area (TPSA) is 79.8 Å². The molecule has 2 aliphatic rings. The molecule has 2 aliphatic heterocycles. The van der Waals surface area contributed by atoms with Crippen molar-refractivity contribution in [2.45, 2.75) is 42.4 Å². The summed E-state index contributed by atoms with van der Waals surface area (Å²) in [5.74, 6) is -1.16. The number of amides is 1. The van der Waals surface area contributed by atoms with Gasteiger partial charge in [-0.25, -0.2) is 17.8 Å². The number of fused-ring (bicyclic) bond motifs is 1. The van der Waals surface area contributed by atoms with E-state index in [1.54, 1.807) is 18.2 Å². The number of piperidine rings is 1. The minimum atomic E-state index is -4.40. The van der Waals surface area contributed by atoms with Gasteiger partial charge in [0, 0.05) is 16.7 Å². The van der Waals surface area contributed by atoms with Crippen LogP contribution in [0.5, 0.6) is 5.88 Å². The van der Waals surface area contributed by atoms with E-state index in [0.717, 1.165) is 30.2 Å². The number of nitrogens with zero attached hydrogens (tertiary/aromatic N) is 3. The van der Waals surface area contributed by atoms with E-state index in [1.807, 2.05) is 0 Å². The normalized spacial score (nSPS) is 20.0. The fraction of sp³-hybridized carbons (Fsp3) is 0.357. The number of pyridine rings is 1. The third-order valence-corrected chi connectivity index (χ3v) is 9.30. The Balaban J connectivity index is 1.67. The first-order chi connectivity index (χ1) is 18.3. The van der Waals surface area contributed by atoms with Gasteiger partial charge in [0.25, 0.3) is 15.9 Å². The average molecular weight is 558 g/mol. The van der Waals surface area contributed by atoms with Crippen LogP contribution in [-0.4, -0.2) is 51.0 Å². The molecule has 1 atom stereocenters. The lowest BCUT2D eigenvalue weighted by Crippen LogP contribution is -2.45. The highest BCUT2D eigenvalue weighted by atomic mass is 35.5. The number of carbonyl (C=O) groups excluding carboxylic acids is 1. The third-order valence-electron chi connectivity index (χ3n) is 7.37. The maximum absolute atomic E-state index is 15.5. The van der Waals surface area contributed by atoms with Crippen LogP contribution >= 0.6 is 11.6 Å². The number of benzene rings is 2. The molecule has 0 spiro atoms. The van der Waals surface area contributed by atoms with Gasteiger partial charge in [-0.3, -0.25) is 4.79 Å². The molecule has 1 amide bonds. The zero-order chi connectivity index (χ0) is 26.9. The van der Waals surface area contributed by atoms with Gasteiger partial charge in [-0.2, -0.15) is 4.31 Å². The van der Waals surface area contributed by atoms with E-state index in [2.05, 4.69) is 9.88 Å². The van der Waals surface area contributed by atoms with Crippen LogP contribution in [-0.2, 0) is 20.2 Å². The van der Waals surface area contributed by atoms with Gasteiger partial charge in [0.1, 0.15) is 11.2 Å². The molecule has 3 aromatic rings. The third kappa shape index (κ3) is 4.57. The van der Waals surface area contributed by atoms with Crippen molar-refractivity contribution in [3.8, 4) is 5.88 Å². The molecule has 1 fully saturated rings. The number of rotatable bonds is 8. The van der Waals surface area contributed by atoms with Crippen LogP contribution in [0.2, 0.25) is 5.02 Å². The molecule has 2 aromatic carbocycles.